The molecule has 270 valence electrons. The van der Waals surface area contributed by atoms with Gasteiger partial charge in [0.15, 0.2) is 0 Å². The molecule has 0 bridgehead atoms. The highest BCUT2D eigenvalue weighted by atomic mass is 31.1. The van der Waals surface area contributed by atoms with Gasteiger partial charge in [0, 0.05) is 25.9 Å². The third-order valence-corrected chi connectivity index (χ3v) is 17.2. The van der Waals surface area contributed by atoms with E-state index in [0.29, 0.717) is 0 Å². The molecule has 0 aliphatic heterocycles. The molecule has 11 rings (SSSR count). The molecule has 10 aromatic rings. The van der Waals surface area contributed by atoms with Crippen LogP contribution in [0.1, 0.15) is 47.2 Å². The zero-order chi connectivity index (χ0) is 38.1. The summed E-state index contributed by atoms with van der Waals surface area (Å²) in [4.78, 5) is 0. The second-order valence-electron chi connectivity index (χ2n) is 15.8. The Labute approximate surface area is 336 Å². The normalized spacial score (nSPS) is 14.1. The molecule has 2 heterocycles. The van der Waals surface area contributed by atoms with E-state index in [4.69, 9.17) is 0 Å². The van der Waals surface area contributed by atoms with Crippen molar-refractivity contribution in [2.45, 2.75) is 19.3 Å². The summed E-state index contributed by atoms with van der Waals surface area (Å²) in [6, 6.07) is 68.1. The van der Waals surface area contributed by atoms with Crippen LogP contribution in [0.2, 0.25) is 0 Å². The van der Waals surface area contributed by atoms with Gasteiger partial charge in [-0.1, -0.05) is 211 Å². The zero-order valence-corrected chi connectivity index (χ0v) is 33.8. The Morgan fingerprint density at radius 2 is 0.684 bits per heavy atom. The lowest BCUT2D eigenvalue weighted by atomic mass is 9.81. The van der Waals surface area contributed by atoms with E-state index in [1.165, 1.54) is 97.1 Å². The van der Waals surface area contributed by atoms with Gasteiger partial charge in [0.1, 0.15) is 0 Å². The first-order valence-corrected chi connectivity index (χ1v) is 22.5. The molecule has 2 aromatic heterocycles. The zero-order valence-electron chi connectivity index (χ0n) is 32.0. The first-order chi connectivity index (χ1) is 28.0. The Morgan fingerprint density at radius 3 is 1.12 bits per heavy atom. The van der Waals surface area contributed by atoms with E-state index < -0.39 is 15.1 Å². The third-order valence-electron chi connectivity index (χ3n) is 12.1. The molecule has 0 spiro atoms. The first-order valence-electron chi connectivity index (χ1n) is 19.8. The summed E-state index contributed by atoms with van der Waals surface area (Å²) in [7, 11) is -1.08. The molecule has 57 heavy (non-hydrogen) atoms. The van der Waals surface area contributed by atoms with Gasteiger partial charge in [-0.15, -0.1) is 0 Å². The lowest BCUT2D eigenvalue weighted by Crippen LogP contribution is -2.15. The Hall–Kier alpha value is -6.16. The van der Waals surface area contributed by atoms with Gasteiger partial charge in [-0.2, -0.15) is 0 Å². The van der Waals surface area contributed by atoms with Gasteiger partial charge in [-0.3, -0.25) is 0 Å². The summed E-state index contributed by atoms with van der Waals surface area (Å²) in [5.41, 5.74) is 10.3. The van der Waals surface area contributed by atoms with Crippen molar-refractivity contribution in [1.29, 1.82) is 0 Å². The molecular formula is C55H40P2. The maximum absolute atomic E-state index is 2.41. The lowest BCUT2D eigenvalue weighted by molar-refractivity contribution is 0.660. The van der Waals surface area contributed by atoms with Crippen LogP contribution in [0.25, 0.3) is 88.1 Å². The fourth-order valence-electron chi connectivity index (χ4n) is 9.26. The predicted molar refractivity (Wildman–Crippen MR) is 253 cm³/mol. The van der Waals surface area contributed by atoms with Gasteiger partial charge in [0.2, 0.25) is 0 Å². The van der Waals surface area contributed by atoms with Gasteiger partial charge < -0.3 is 0 Å². The molecule has 0 amide bonds. The van der Waals surface area contributed by atoms with Crippen LogP contribution in [0.5, 0.6) is 0 Å². The largest absolute Gasteiger partial charge is 0.0772 e. The lowest BCUT2D eigenvalue weighted by Gasteiger charge is -2.22. The van der Waals surface area contributed by atoms with Crippen LogP contribution in [0.4, 0.5) is 0 Å². The molecule has 1 aliphatic carbocycles. The second-order valence-corrected chi connectivity index (χ2v) is 20.1. The van der Waals surface area contributed by atoms with Crippen molar-refractivity contribution in [1.82, 2.24) is 0 Å². The monoisotopic (exact) mass is 762 g/mol. The molecular weight excluding hydrogens is 723 g/mol. The number of benzene rings is 8. The van der Waals surface area contributed by atoms with Crippen molar-refractivity contribution < 1.29 is 0 Å². The van der Waals surface area contributed by atoms with Crippen LogP contribution in [0, 0.1) is 0 Å². The molecule has 0 radical (unpaired) electrons. The average molecular weight is 763 g/mol. The van der Waals surface area contributed by atoms with Crippen LogP contribution >= 0.6 is 15.1 Å². The fraction of sp³-hybridized carbons (Fsp3) is 0.0545. The van der Waals surface area contributed by atoms with Gasteiger partial charge in [-0.25, -0.2) is 0 Å². The molecule has 0 saturated heterocycles. The van der Waals surface area contributed by atoms with Crippen molar-refractivity contribution in [3.63, 3.8) is 0 Å². The van der Waals surface area contributed by atoms with Crippen LogP contribution in [0.3, 0.4) is 0 Å². The number of hydrogen-bond donors (Lipinski definition) is 0. The van der Waals surface area contributed by atoms with Gasteiger partial charge in [-0.05, 0) is 101 Å². The summed E-state index contributed by atoms with van der Waals surface area (Å²) < 4.78 is 0. The van der Waals surface area contributed by atoms with Crippen molar-refractivity contribution in [2.75, 3.05) is 0 Å². The molecule has 1 aliphatic rings. The van der Waals surface area contributed by atoms with E-state index >= 15 is 0 Å². The molecule has 0 fully saturated rings. The Morgan fingerprint density at radius 1 is 0.333 bits per heavy atom. The van der Waals surface area contributed by atoms with Crippen molar-refractivity contribution >= 4 is 81.4 Å². The first kappa shape index (κ1) is 34.1. The topological polar surface area (TPSA) is 0 Å². The molecule has 0 nitrogen and oxygen atoms in total. The summed E-state index contributed by atoms with van der Waals surface area (Å²) in [5, 5.41) is 14.1. The fourth-order valence-corrected chi connectivity index (χ4v) is 14.5. The highest BCUT2D eigenvalue weighted by molar-refractivity contribution is 7.68. The minimum atomic E-state index is -0.538. The second kappa shape index (κ2) is 13.5. The van der Waals surface area contributed by atoms with E-state index in [9.17, 15) is 0 Å². The minimum absolute atomic E-state index is 0.101. The minimum Gasteiger partial charge on any atom is -0.0772 e. The summed E-state index contributed by atoms with van der Waals surface area (Å²) in [5.74, 6) is 0. The van der Waals surface area contributed by atoms with E-state index in [-0.39, 0.29) is 5.41 Å². The van der Waals surface area contributed by atoms with Crippen LogP contribution in [0.15, 0.2) is 182 Å². The Balaban J connectivity index is 0.883. The average Bonchev–Trinajstić information content (AvgIpc) is 3.85. The quantitative estimate of drug-likeness (QED) is 0.148. The standard InChI is InChI=1S/C55H40P2/c1-55(2)49-35-39(23-21-37-27-31-53-47(33-37)45-17-9-11-19-51(45)56(53)41-13-5-3-6-14-41)25-29-43(49)44-30-26-40(36-50(44)55)24-22-38-28-32-54-48(34-38)46-18-10-12-20-52(46)57(54)42-15-7-4-8-16-42/h3-36H,1-2H3/b23-21+,24-22+. The van der Waals surface area contributed by atoms with Crippen LogP contribution in [-0.4, -0.2) is 0 Å². The van der Waals surface area contributed by atoms with Crippen LogP contribution < -0.4 is 0 Å². The van der Waals surface area contributed by atoms with Crippen molar-refractivity contribution in [2.24, 2.45) is 0 Å². The Bertz CT molecular complexity index is 3020. The van der Waals surface area contributed by atoms with Gasteiger partial charge in [0.25, 0.3) is 0 Å². The predicted octanol–water partition coefficient (Wildman–Crippen LogP) is 16.9. The highest BCUT2D eigenvalue weighted by Gasteiger charge is 2.35. The molecule has 0 N–H and O–H groups in total. The van der Waals surface area contributed by atoms with E-state index in [0.717, 1.165) is 0 Å². The SMILES string of the molecule is CC1(C)c2cc(/C=C/c3ccc4c(c3)c3ccccc3p4-c3ccccc3)ccc2-c2ccc(/C=C/c3ccc4c(c3)c3ccccc3p4-c3ccccc3)cc21. The highest BCUT2D eigenvalue weighted by Crippen LogP contribution is 2.56. The summed E-state index contributed by atoms with van der Waals surface area (Å²) in [6.45, 7) is 4.76. The van der Waals surface area contributed by atoms with Crippen molar-refractivity contribution in [3.05, 3.63) is 215 Å². The van der Waals surface area contributed by atoms with Crippen LogP contribution in [-0.2, 0) is 5.41 Å². The maximum Gasteiger partial charge on any atom is 0.0159 e. The van der Waals surface area contributed by atoms with E-state index in [1.807, 2.05) is 0 Å². The third kappa shape index (κ3) is 5.67. The van der Waals surface area contributed by atoms with Crippen molar-refractivity contribution in [3.8, 4) is 21.7 Å². The molecule has 2 atom stereocenters. The number of hydrogen-bond acceptors (Lipinski definition) is 0. The van der Waals surface area contributed by atoms with Gasteiger partial charge in [0.05, 0.1) is 0 Å². The van der Waals surface area contributed by atoms with E-state index in [1.54, 1.807) is 0 Å². The smallest absolute Gasteiger partial charge is 0.0159 e. The van der Waals surface area contributed by atoms with E-state index in [2.05, 4.69) is 220 Å². The number of fused-ring (bicyclic) bond motifs is 9. The summed E-state index contributed by atoms with van der Waals surface area (Å²) >= 11 is 0. The number of rotatable bonds is 6. The molecule has 8 aromatic carbocycles. The molecule has 2 unspecified atom stereocenters. The Kier molecular flexibility index (Phi) is 8.08. The van der Waals surface area contributed by atoms with Gasteiger partial charge >= 0.3 is 0 Å². The molecule has 0 saturated carbocycles. The maximum atomic E-state index is 2.41. The summed E-state index contributed by atoms with van der Waals surface area (Å²) in [6.07, 6.45) is 9.14. The molecule has 2 heteroatoms.